The largest absolute Gasteiger partial charge is 0.497 e. The van der Waals surface area contributed by atoms with Crippen LogP contribution in [-0.4, -0.2) is 43.3 Å². The maximum atomic E-state index is 8.90. The van der Waals surface area contributed by atoms with Gasteiger partial charge >= 0.3 is 0 Å². The van der Waals surface area contributed by atoms with Crippen molar-refractivity contribution in [1.29, 1.82) is 5.26 Å². The number of hydrogen-bond donors (Lipinski definition) is 1. The van der Waals surface area contributed by atoms with E-state index in [1.54, 1.807) is 25.4 Å². The van der Waals surface area contributed by atoms with Gasteiger partial charge in [-0.05, 0) is 54.6 Å². The Morgan fingerprint density at radius 2 is 1.62 bits per heavy atom. The maximum absolute atomic E-state index is 8.90. The highest BCUT2D eigenvalue weighted by molar-refractivity contribution is 5.57. The van der Waals surface area contributed by atoms with Crippen molar-refractivity contribution < 1.29 is 4.74 Å². The molecular weight excluding hydrogens is 364 g/mol. The lowest BCUT2D eigenvalue weighted by Crippen LogP contribution is -2.46. The quantitative estimate of drug-likeness (QED) is 0.720. The molecule has 0 radical (unpaired) electrons. The number of anilines is 4. The molecule has 29 heavy (non-hydrogen) atoms. The Morgan fingerprint density at radius 3 is 2.28 bits per heavy atom. The van der Waals surface area contributed by atoms with E-state index in [1.807, 2.05) is 30.3 Å². The van der Waals surface area contributed by atoms with E-state index in [0.29, 0.717) is 11.5 Å². The molecule has 0 unspecified atom stereocenters. The number of nitrogens with one attached hydrogen (secondary N) is 1. The fourth-order valence-electron chi connectivity index (χ4n) is 3.33. The Labute approximate surface area is 170 Å². The Morgan fingerprint density at radius 1 is 0.931 bits per heavy atom. The van der Waals surface area contributed by atoms with Gasteiger partial charge in [-0.2, -0.15) is 10.2 Å². The molecule has 0 spiro atoms. The van der Waals surface area contributed by atoms with Gasteiger partial charge in [-0.25, -0.2) is 4.98 Å². The van der Waals surface area contributed by atoms with Crippen molar-refractivity contribution in [2.45, 2.75) is 0 Å². The van der Waals surface area contributed by atoms with Crippen LogP contribution in [0.4, 0.5) is 23.1 Å². The number of rotatable bonds is 5. The van der Waals surface area contributed by atoms with Crippen molar-refractivity contribution in [3.8, 4) is 11.8 Å². The monoisotopic (exact) mass is 386 g/mol. The second-order valence-electron chi connectivity index (χ2n) is 6.72. The first-order chi connectivity index (χ1) is 14.2. The van der Waals surface area contributed by atoms with Crippen molar-refractivity contribution >= 4 is 23.1 Å². The van der Waals surface area contributed by atoms with Gasteiger partial charge in [0.05, 0.1) is 18.7 Å². The molecule has 1 aromatic heterocycles. The third-order valence-electron chi connectivity index (χ3n) is 4.95. The molecule has 1 N–H and O–H groups in total. The highest BCUT2D eigenvalue weighted by atomic mass is 16.5. The molecule has 0 saturated carbocycles. The Kier molecular flexibility index (Phi) is 5.43. The van der Waals surface area contributed by atoms with E-state index in [9.17, 15) is 0 Å². The molecule has 146 valence electrons. The number of methoxy groups -OCH3 is 1. The second kappa shape index (κ2) is 8.48. The zero-order valence-corrected chi connectivity index (χ0v) is 16.2. The SMILES string of the molecule is COc1ccc(N2CCN(c3ccnc(Nc4ccc(C#N)cc4)n3)CC2)cc1. The summed E-state index contributed by atoms with van der Waals surface area (Å²) >= 11 is 0. The Balaban J connectivity index is 1.39. The molecule has 0 atom stereocenters. The summed E-state index contributed by atoms with van der Waals surface area (Å²) in [6.07, 6.45) is 1.77. The molecular formula is C22H22N6O. The Bertz CT molecular complexity index is 989. The topological polar surface area (TPSA) is 77.3 Å². The van der Waals surface area contributed by atoms with Gasteiger partial charge in [-0.15, -0.1) is 0 Å². The number of piperazine rings is 1. The van der Waals surface area contributed by atoms with Crippen molar-refractivity contribution in [2.75, 3.05) is 48.4 Å². The van der Waals surface area contributed by atoms with Crippen LogP contribution in [0, 0.1) is 11.3 Å². The van der Waals surface area contributed by atoms with Crippen LogP contribution in [0.5, 0.6) is 5.75 Å². The van der Waals surface area contributed by atoms with Gasteiger partial charge in [0.2, 0.25) is 5.95 Å². The number of benzene rings is 2. The van der Waals surface area contributed by atoms with Crippen molar-refractivity contribution in [3.05, 3.63) is 66.4 Å². The van der Waals surface area contributed by atoms with Gasteiger partial charge < -0.3 is 19.9 Å². The summed E-state index contributed by atoms with van der Waals surface area (Å²) in [6.45, 7) is 3.63. The minimum Gasteiger partial charge on any atom is -0.497 e. The minimum absolute atomic E-state index is 0.546. The lowest BCUT2D eigenvalue weighted by molar-refractivity contribution is 0.415. The van der Waals surface area contributed by atoms with Crippen LogP contribution in [0.1, 0.15) is 5.56 Å². The van der Waals surface area contributed by atoms with Crippen LogP contribution in [0.15, 0.2) is 60.8 Å². The molecule has 1 aliphatic rings. The molecule has 1 saturated heterocycles. The van der Waals surface area contributed by atoms with Crippen LogP contribution < -0.4 is 19.9 Å². The predicted octanol–water partition coefficient (Wildman–Crippen LogP) is 3.43. The summed E-state index contributed by atoms with van der Waals surface area (Å²) in [6, 6.07) is 19.5. The van der Waals surface area contributed by atoms with Gasteiger partial charge in [0, 0.05) is 43.8 Å². The summed E-state index contributed by atoms with van der Waals surface area (Å²) < 4.78 is 5.24. The number of aromatic nitrogens is 2. The fourth-order valence-corrected chi connectivity index (χ4v) is 3.33. The first kappa shape index (κ1) is 18.6. The van der Waals surface area contributed by atoms with E-state index in [-0.39, 0.29) is 0 Å². The molecule has 2 aromatic carbocycles. The highest BCUT2D eigenvalue weighted by Crippen LogP contribution is 2.23. The highest BCUT2D eigenvalue weighted by Gasteiger charge is 2.19. The molecule has 0 bridgehead atoms. The van der Waals surface area contributed by atoms with E-state index < -0.39 is 0 Å². The number of ether oxygens (including phenoxy) is 1. The lowest BCUT2D eigenvalue weighted by atomic mass is 10.2. The van der Waals surface area contributed by atoms with E-state index in [4.69, 9.17) is 10.00 Å². The fraction of sp³-hybridized carbons (Fsp3) is 0.227. The second-order valence-corrected chi connectivity index (χ2v) is 6.72. The molecule has 7 nitrogen and oxygen atoms in total. The first-order valence-electron chi connectivity index (χ1n) is 9.49. The lowest BCUT2D eigenvalue weighted by Gasteiger charge is -2.36. The third-order valence-corrected chi connectivity index (χ3v) is 4.95. The number of nitrogens with zero attached hydrogens (tertiary/aromatic N) is 5. The Hall–Kier alpha value is -3.79. The summed E-state index contributed by atoms with van der Waals surface area (Å²) in [5.41, 5.74) is 2.68. The molecule has 0 aliphatic carbocycles. The van der Waals surface area contributed by atoms with Crippen molar-refractivity contribution in [2.24, 2.45) is 0 Å². The smallest absolute Gasteiger partial charge is 0.229 e. The average Bonchev–Trinajstić information content (AvgIpc) is 2.80. The average molecular weight is 386 g/mol. The van der Waals surface area contributed by atoms with Gasteiger partial charge in [0.1, 0.15) is 11.6 Å². The van der Waals surface area contributed by atoms with Crippen molar-refractivity contribution in [1.82, 2.24) is 9.97 Å². The molecule has 0 amide bonds. The molecule has 1 fully saturated rings. The normalized spacial score (nSPS) is 13.7. The van der Waals surface area contributed by atoms with Crippen LogP contribution >= 0.6 is 0 Å². The van der Waals surface area contributed by atoms with Crippen LogP contribution in [0.3, 0.4) is 0 Å². The minimum atomic E-state index is 0.546. The van der Waals surface area contributed by atoms with E-state index in [1.165, 1.54) is 5.69 Å². The molecule has 3 aromatic rings. The van der Waals surface area contributed by atoms with Gasteiger partial charge in [-0.1, -0.05) is 0 Å². The molecule has 2 heterocycles. The number of nitriles is 1. The number of hydrogen-bond acceptors (Lipinski definition) is 7. The van der Waals surface area contributed by atoms with Crippen LogP contribution in [0.2, 0.25) is 0 Å². The molecule has 4 rings (SSSR count). The summed E-state index contributed by atoms with van der Waals surface area (Å²) in [5.74, 6) is 2.32. The van der Waals surface area contributed by atoms with E-state index >= 15 is 0 Å². The van der Waals surface area contributed by atoms with Crippen molar-refractivity contribution in [3.63, 3.8) is 0 Å². The summed E-state index contributed by atoms with van der Waals surface area (Å²) in [4.78, 5) is 13.6. The van der Waals surface area contributed by atoms with Gasteiger partial charge in [-0.3, -0.25) is 0 Å². The van der Waals surface area contributed by atoms with Crippen LogP contribution in [0.25, 0.3) is 0 Å². The molecule has 7 heteroatoms. The van der Waals surface area contributed by atoms with E-state index in [2.05, 4.69) is 43.3 Å². The third kappa shape index (κ3) is 4.38. The zero-order chi connectivity index (χ0) is 20.1. The maximum Gasteiger partial charge on any atom is 0.229 e. The van der Waals surface area contributed by atoms with Gasteiger partial charge in [0.15, 0.2) is 0 Å². The van der Waals surface area contributed by atoms with Crippen LogP contribution in [-0.2, 0) is 0 Å². The summed E-state index contributed by atoms with van der Waals surface area (Å²) in [7, 11) is 1.68. The van der Waals surface area contributed by atoms with E-state index in [0.717, 1.165) is 43.4 Å². The molecule has 1 aliphatic heterocycles. The summed E-state index contributed by atoms with van der Waals surface area (Å²) in [5, 5.41) is 12.1. The zero-order valence-electron chi connectivity index (χ0n) is 16.2. The van der Waals surface area contributed by atoms with Gasteiger partial charge in [0.25, 0.3) is 0 Å². The predicted molar refractivity (Wildman–Crippen MR) is 114 cm³/mol. The first-order valence-corrected chi connectivity index (χ1v) is 9.49. The standard InChI is InChI=1S/C22H22N6O/c1-29-20-8-6-19(7-9-20)27-12-14-28(15-13-27)21-10-11-24-22(26-21)25-18-4-2-17(16-23)3-5-18/h2-11H,12-15H2,1H3,(H,24,25,26).